The molecule has 1 fully saturated rings. The van der Waals surface area contributed by atoms with Gasteiger partial charge in [0, 0.05) is 17.6 Å². The van der Waals surface area contributed by atoms with Crippen LogP contribution in [0, 0.1) is 6.92 Å². The highest BCUT2D eigenvalue weighted by Gasteiger charge is 2.17. The van der Waals surface area contributed by atoms with Gasteiger partial charge in [-0.15, -0.1) is 0 Å². The van der Waals surface area contributed by atoms with E-state index < -0.39 is 0 Å². The molecule has 0 bridgehead atoms. The molecule has 18 heavy (non-hydrogen) atoms. The smallest absolute Gasteiger partial charge is 0.315 e. The number of benzene rings is 1. The zero-order valence-electron chi connectivity index (χ0n) is 10.3. The molecule has 0 saturated carbocycles. The van der Waals surface area contributed by atoms with E-state index in [2.05, 4.69) is 26.6 Å². The Morgan fingerprint density at radius 1 is 1.56 bits per heavy atom. The highest BCUT2D eigenvalue weighted by Crippen LogP contribution is 2.20. The zero-order chi connectivity index (χ0) is 13.0. The number of carbonyl (C=O) groups excluding carboxylic acids is 1. The fraction of sp³-hybridized carbons (Fsp3) is 0.462. The summed E-state index contributed by atoms with van der Waals surface area (Å²) in [5, 5.41) is 5.75. The van der Waals surface area contributed by atoms with Crippen molar-refractivity contribution in [2.24, 2.45) is 0 Å². The standard InChI is InChI=1S/C13H17BrN2O2/c1-9-3-2-4-10(12(9)14)7-15-13(17)16-11-5-6-18-8-11/h2-4,11H,5-8H2,1H3,(H2,15,16,17). The zero-order valence-corrected chi connectivity index (χ0v) is 11.9. The molecule has 4 nitrogen and oxygen atoms in total. The normalized spacial score (nSPS) is 18.7. The number of rotatable bonds is 3. The third kappa shape index (κ3) is 3.46. The molecule has 1 unspecified atom stereocenters. The van der Waals surface area contributed by atoms with E-state index in [9.17, 15) is 4.79 Å². The first-order valence-electron chi connectivity index (χ1n) is 6.03. The third-order valence-electron chi connectivity index (χ3n) is 2.98. The molecule has 0 radical (unpaired) electrons. The maximum Gasteiger partial charge on any atom is 0.315 e. The van der Waals surface area contributed by atoms with Gasteiger partial charge in [0.1, 0.15) is 0 Å². The largest absolute Gasteiger partial charge is 0.379 e. The molecule has 1 atom stereocenters. The van der Waals surface area contributed by atoms with E-state index >= 15 is 0 Å². The highest BCUT2D eigenvalue weighted by atomic mass is 79.9. The number of aryl methyl sites for hydroxylation is 1. The van der Waals surface area contributed by atoms with Crippen LogP contribution in [0.4, 0.5) is 4.79 Å². The van der Waals surface area contributed by atoms with Crippen LogP contribution in [0.2, 0.25) is 0 Å². The molecule has 0 aliphatic carbocycles. The first-order valence-corrected chi connectivity index (χ1v) is 6.82. The number of urea groups is 1. The molecule has 1 aromatic carbocycles. The van der Waals surface area contributed by atoms with E-state index in [-0.39, 0.29) is 12.1 Å². The van der Waals surface area contributed by atoms with Gasteiger partial charge in [-0.3, -0.25) is 0 Å². The summed E-state index contributed by atoms with van der Waals surface area (Å²) in [6.07, 6.45) is 0.890. The van der Waals surface area contributed by atoms with Crippen LogP contribution in [-0.2, 0) is 11.3 Å². The second-order valence-corrected chi connectivity index (χ2v) is 5.23. The average molecular weight is 313 g/mol. The van der Waals surface area contributed by atoms with Crippen LogP contribution < -0.4 is 10.6 Å². The lowest BCUT2D eigenvalue weighted by Gasteiger charge is -2.13. The van der Waals surface area contributed by atoms with Crippen molar-refractivity contribution in [3.8, 4) is 0 Å². The van der Waals surface area contributed by atoms with Crippen LogP contribution in [0.1, 0.15) is 17.5 Å². The maximum absolute atomic E-state index is 11.7. The molecular weight excluding hydrogens is 296 g/mol. The molecule has 1 aliphatic heterocycles. The van der Waals surface area contributed by atoms with Gasteiger partial charge in [-0.1, -0.05) is 34.1 Å². The van der Waals surface area contributed by atoms with Crippen LogP contribution in [0.3, 0.4) is 0 Å². The number of hydrogen-bond donors (Lipinski definition) is 2. The lowest BCUT2D eigenvalue weighted by Crippen LogP contribution is -2.42. The number of amides is 2. The Morgan fingerprint density at radius 3 is 3.11 bits per heavy atom. The monoisotopic (exact) mass is 312 g/mol. The predicted octanol–water partition coefficient (Wildman–Crippen LogP) is 2.35. The van der Waals surface area contributed by atoms with Gasteiger partial charge in [-0.25, -0.2) is 4.79 Å². The second kappa shape index (κ2) is 6.20. The molecule has 2 N–H and O–H groups in total. The first kappa shape index (κ1) is 13.4. The maximum atomic E-state index is 11.7. The lowest BCUT2D eigenvalue weighted by atomic mass is 10.1. The van der Waals surface area contributed by atoms with Gasteiger partial charge >= 0.3 is 6.03 Å². The summed E-state index contributed by atoms with van der Waals surface area (Å²) >= 11 is 3.53. The Labute approximate surface area is 115 Å². The Kier molecular flexibility index (Phi) is 4.60. The van der Waals surface area contributed by atoms with Gasteiger partial charge in [-0.05, 0) is 24.5 Å². The van der Waals surface area contributed by atoms with Crippen LogP contribution in [0.25, 0.3) is 0 Å². The van der Waals surface area contributed by atoms with Crippen molar-refractivity contribution in [2.75, 3.05) is 13.2 Å². The van der Waals surface area contributed by atoms with Gasteiger partial charge in [-0.2, -0.15) is 0 Å². The van der Waals surface area contributed by atoms with Crippen molar-refractivity contribution in [2.45, 2.75) is 25.9 Å². The summed E-state index contributed by atoms with van der Waals surface area (Å²) in [6, 6.07) is 6.02. The Bertz CT molecular complexity index is 431. The van der Waals surface area contributed by atoms with Crippen molar-refractivity contribution in [3.63, 3.8) is 0 Å². The van der Waals surface area contributed by atoms with E-state index in [1.54, 1.807) is 0 Å². The van der Waals surface area contributed by atoms with Crippen LogP contribution in [-0.4, -0.2) is 25.3 Å². The van der Waals surface area contributed by atoms with Crippen molar-refractivity contribution < 1.29 is 9.53 Å². The molecular formula is C13H17BrN2O2. The van der Waals surface area contributed by atoms with E-state index in [0.29, 0.717) is 13.2 Å². The molecule has 2 amide bonds. The molecule has 98 valence electrons. The molecule has 0 aromatic heterocycles. The van der Waals surface area contributed by atoms with Crippen LogP contribution >= 0.6 is 15.9 Å². The molecule has 1 heterocycles. The summed E-state index contributed by atoms with van der Waals surface area (Å²) in [4.78, 5) is 11.7. The Morgan fingerprint density at radius 2 is 2.39 bits per heavy atom. The van der Waals surface area contributed by atoms with E-state index in [0.717, 1.165) is 23.1 Å². The SMILES string of the molecule is Cc1cccc(CNC(=O)NC2CCOC2)c1Br. The fourth-order valence-electron chi connectivity index (χ4n) is 1.90. The van der Waals surface area contributed by atoms with E-state index in [4.69, 9.17) is 4.74 Å². The quantitative estimate of drug-likeness (QED) is 0.900. The molecule has 5 heteroatoms. The summed E-state index contributed by atoms with van der Waals surface area (Å²) in [7, 11) is 0. The second-order valence-electron chi connectivity index (χ2n) is 4.44. The topological polar surface area (TPSA) is 50.4 Å². The molecule has 2 rings (SSSR count). The first-order chi connectivity index (χ1) is 8.66. The van der Waals surface area contributed by atoms with Gasteiger partial charge in [0.15, 0.2) is 0 Å². The minimum atomic E-state index is -0.140. The van der Waals surface area contributed by atoms with E-state index in [1.165, 1.54) is 5.56 Å². The predicted molar refractivity (Wildman–Crippen MR) is 73.5 cm³/mol. The van der Waals surface area contributed by atoms with Crippen molar-refractivity contribution in [3.05, 3.63) is 33.8 Å². The minimum absolute atomic E-state index is 0.140. The van der Waals surface area contributed by atoms with E-state index in [1.807, 2.05) is 25.1 Å². The summed E-state index contributed by atoms with van der Waals surface area (Å²) in [5.41, 5.74) is 2.24. The summed E-state index contributed by atoms with van der Waals surface area (Å²) < 4.78 is 6.26. The summed E-state index contributed by atoms with van der Waals surface area (Å²) in [5.74, 6) is 0. The Hall–Kier alpha value is -1.07. The molecule has 0 spiro atoms. The number of hydrogen-bond acceptors (Lipinski definition) is 2. The van der Waals surface area contributed by atoms with Crippen LogP contribution in [0.15, 0.2) is 22.7 Å². The molecule has 1 aromatic rings. The Balaban J connectivity index is 1.83. The van der Waals surface area contributed by atoms with Gasteiger partial charge in [0.25, 0.3) is 0 Å². The number of halogens is 1. The van der Waals surface area contributed by atoms with Gasteiger partial charge in [0.2, 0.25) is 0 Å². The summed E-state index contributed by atoms with van der Waals surface area (Å²) in [6.45, 7) is 3.89. The van der Waals surface area contributed by atoms with Crippen molar-refractivity contribution in [1.82, 2.24) is 10.6 Å². The minimum Gasteiger partial charge on any atom is -0.379 e. The molecule has 1 saturated heterocycles. The highest BCUT2D eigenvalue weighted by molar-refractivity contribution is 9.10. The fourth-order valence-corrected chi connectivity index (χ4v) is 2.31. The van der Waals surface area contributed by atoms with Crippen LogP contribution in [0.5, 0.6) is 0 Å². The number of nitrogens with one attached hydrogen (secondary N) is 2. The van der Waals surface area contributed by atoms with Gasteiger partial charge < -0.3 is 15.4 Å². The van der Waals surface area contributed by atoms with Gasteiger partial charge in [0.05, 0.1) is 12.6 Å². The lowest BCUT2D eigenvalue weighted by molar-refractivity contribution is 0.188. The van der Waals surface area contributed by atoms with Crippen molar-refractivity contribution >= 4 is 22.0 Å². The number of carbonyl (C=O) groups is 1. The average Bonchev–Trinajstić information content (AvgIpc) is 2.84. The number of ether oxygens (including phenoxy) is 1. The molecule has 1 aliphatic rings. The van der Waals surface area contributed by atoms with Crippen molar-refractivity contribution in [1.29, 1.82) is 0 Å². The third-order valence-corrected chi connectivity index (χ3v) is 4.11.